The van der Waals surface area contributed by atoms with Crippen molar-refractivity contribution in [2.75, 3.05) is 13.6 Å². The third-order valence-electron chi connectivity index (χ3n) is 3.89. The molecule has 0 fully saturated rings. The third kappa shape index (κ3) is 3.87. The maximum atomic E-state index is 11.2. The van der Waals surface area contributed by atoms with Crippen molar-refractivity contribution < 1.29 is 9.53 Å². The summed E-state index contributed by atoms with van der Waals surface area (Å²) >= 11 is 0. The highest BCUT2D eigenvalue weighted by Crippen LogP contribution is 2.24. The fourth-order valence-corrected chi connectivity index (χ4v) is 2.60. The van der Waals surface area contributed by atoms with E-state index in [1.807, 2.05) is 48.7 Å². The van der Waals surface area contributed by atoms with Crippen LogP contribution in [0.4, 0.5) is 4.79 Å². The number of aromatic nitrogens is 1. The maximum Gasteiger partial charge on any atom is 0.314 e. The molecule has 0 unspecified atom stereocenters. The first-order valence-corrected chi connectivity index (χ1v) is 7.98. The molecule has 0 atom stereocenters. The van der Waals surface area contributed by atoms with Gasteiger partial charge in [-0.25, -0.2) is 4.79 Å². The van der Waals surface area contributed by atoms with Crippen molar-refractivity contribution in [2.24, 2.45) is 0 Å². The molecule has 0 saturated heterocycles. The van der Waals surface area contributed by atoms with Crippen LogP contribution in [0.3, 0.4) is 0 Å². The number of nitrogens with one attached hydrogen (secondary N) is 3. The number of carbonyl (C=O) groups is 1. The van der Waals surface area contributed by atoms with Crippen molar-refractivity contribution in [1.29, 1.82) is 0 Å². The second-order valence-corrected chi connectivity index (χ2v) is 5.55. The lowest BCUT2D eigenvalue weighted by molar-refractivity contribution is 0.243. The molecule has 0 aliphatic heterocycles. The lowest BCUT2D eigenvalue weighted by atomic mass is 10.1. The Bertz CT molecular complexity index is 812. The Morgan fingerprint density at radius 3 is 2.79 bits per heavy atom. The molecule has 5 heteroatoms. The van der Waals surface area contributed by atoms with E-state index in [4.69, 9.17) is 4.74 Å². The molecule has 3 rings (SSSR count). The number of fused-ring (bicyclic) bond motifs is 1. The molecule has 5 nitrogen and oxygen atoms in total. The topological polar surface area (TPSA) is 66.2 Å². The van der Waals surface area contributed by atoms with E-state index in [1.165, 1.54) is 5.56 Å². The van der Waals surface area contributed by atoms with Gasteiger partial charge in [0.15, 0.2) is 0 Å². The van der Waals surface area contributed by atoms with Crippen LogP contribution in [0.5, 0.6) is 5.75 Å². The molecule has 2 amide bonds. The van der Waals surface area contributed by atoms with Gasteiger partial charge in [0.05, 0.1) is 0 Å². The standard InChI is InChI=1S/C19H21N3O2/c1-20-19(23)21-10-9-15-12-22-18-11-16(7-8-17(15)18)24-13-14-5-3-2-4-6-14/h2-8,11-12,22H,9-10,13H2,1H3,(H2,20,21,23). The molecule has 0 radical (unpaired) electrons. The van der Waals surface area contributed by atoms with Crippen molar-refractivity contribution in [3.05, 3.63) is 65.9 Å². The normalized spacial score (nSPS) is 10.5. The highest BCUT2D eigenvalue weighted by molar-refractivity contribution is 5.84. The largest absolute Gasteiger partial charge is 0.489 e. The zero-order chi connectivity index (χ0) is 16.8. The molecular weight excluding hydrogens is 302 g/mol. The molecule has 3 aromatic rings. The molecule has 0 aliphatic rings. The van der Waals surface area contributed by atoms with Crippen LogP contribution in [0, 0.1) is 0 Å². The van der Waals surface area contributed by atoms with E-state index in [0.29, 0.717) is 13.2 Å². The van der Waals surface area contributed by atoms with Crippen LogP contribution in [-0.2, 0) is 13.0 Å². The first-order chi connectivity index (χ1) is 11.8. The van der Waals surface area contributed by atoms with Gasteiger partial charge in [-0.05, 0) is 29.7 Å². The third-order valence-corrected chi connectivity index (χ3v) is 3.89. The van der Waals surface area contributed by atoms with Crippen LogP contribution < -0.4 is 15.4 Å². The van der Waals surface area contributed by atoms with Crippen LogP contribution in [-0.4, -0.2) is 24.6 Å². The second kappa shape index (κ2) is 7.55. The Hall–Kier alpha value is -2.95. The van der Waals surface area contributed by atoms with E-state index in [1.54, 1.807) is 7.05 Å². The summed E-state index contributed by atoms with van der Waals surface area (Å²) in [4.78, 5) is 14.5. The Morgan fingerprint density at radius 1 is 1.17 bits per heavy atom. The summed E-state index contributed by atoms with van der Waals surface area (Å²) < 4.78 is 5.85. The van der Waals surface area contributed by atoms with Crippen LogP contribution in [0.15, 0.2) is 54.7 Å². The summed E-state index contributed by atoms with van der Waals surface area (Å²) in [5.74, 6) is 0.836. The van der Waals surface area contributed by atoms with Gasteiger partial charge in [-0.3, -0.25) is 0 Å². The predicted octanol–water partition coefficient (Wildman–Crippen LogP) is 3.22. The van der Waals surface area contributed by atoms with Gasteiger partial charge in [-0.1, -0.05) is 30.3 Å². The summed E-state index contributed by atoms with van der Waals surface area (Å²) in [6, 6.07) is 16.0. The summed E-state index contributed by atoms with van der Waals surface area (Å²) in [5.41, 5.74) is 3.36. The summed E-state index contributed by atoms with van der Waals surface area (Å²) in [6.45, 7) is 1.15. The molecule has 1 heterocycles. The molecule has 0 spiro atoms. The van der Waals surface area contributed by atoms with Gasteiger partial charge in [0.1, 0.15) is 12.4 Å². The Labute approximate surface area is 141 Å². The average molecular weight is 323 g/mol. The molecule has 0 aliphatic carbocycles. The van der Waals surface area contributed by atoms with E-state index in [2.05, 4.69) is 21.7 Å². The highest BCUT2D eigenvalue weighted by Gasteiger charge is 2.06. The lowest BCUT2D eigenvalue weighted by Gasteiger charge is -2.07. The van der Waals surface area contributed by atoms with E-state index in [-0.39, 0.29) is 6.03 Å². The number of hydrogen-bond acceptors (Lipinski definition) is 2. The summed E-state index contributed by atoms with van der Waals surface area (Å²) in [6.07, 6.45) is 2.76. The number of urea groups is 1. The van der Waals surface area contributed by atoms with Crippen molar-refractivity contribution in [3.63, 3.8) is 0 Å². The van der Waals surface area contributed by atoms with Gasteiger partial charge in [-0.2, -0.15) is 0 Å². The quantitative estimate of drug-likeness (QED) is 0.652. The fourth-order valence-electron chi connectivity index (χ4n) is 2.60. The van der Waals surface area contributed by atoms with Crippen molar-refractivity contribution in [2.45, 2.75) is 13.0 Å². The number of benzene rings is 2. The van der Waals surface area contributed by atoms with Crippen LogP contribution in [0.1, 0.15) is 11.1 Å². The highest BCUT2D eigenvalue weighted by atomic mass is 16.5. The van der Waals surface area contributed by atoms with Gasteiger partial charge in [-0.15, -0.1) is 0 Å². The van der Waals surface area contributed by atoms with E-state index < -0.39 is 0 Å². The first-order valence-electron chi connectivity index (χ1n) is 7.98. The molecular formula is C19H21N3O2. The number of H-pyrrole nitrogens is 1. The minimum atomic E-state index is -0.161. The molecule has 0 saturated carbocycles. The van der Waals surface area contributed by atoms with Gasteiger partial charge in [0.2, 0.25) is 0 Å². The van der Waals surface area contributed by atoms with Crippen molar-refractivity contribution >= 4 is 16.9 Å². The lowest BCUT2D eigenvalue weighted by Crippen LogP contribution is -2.33. The molecule has 124 valence electrons. The predicted molar refractivity (Wildman–Crippen MR) is 95.2 cm³/mol. The Balaban J connectivity index is 1.63. The molecule has 2 aromatic carbocycles. The van der Waals surface area contributed by atoms with E-state index in [9.17, 15) is 4.79 Å². The molecule has 3 N–H and O–H groups in total. The number of amides is 2. The van der Waals surface area contributed by atoms with Gasteiger partial charge >= 0.3 is 6.03 Å². The second-order valence-electron chi connectivity index (χ2n) is 5.55. The van der Waals surface area contributed by atoms with E-state index in [0.717, 1.165) is 28.6 Å². The van der Waals surface area contributed by atoms with Crippen molar-refractivity contribution in [1.82, 2.24) is 15.6 Å². The number of hydrogen-bond donors (Lipinski definition) is 3. The zero-order valence-electron chi connectivity index (χ0n) is 13.6. The smallest absolute Gasteiger partial charge is 0.314 e. The Kier molecular flexibility index (Phi) is 5.01. The molecule has 0 bridgehead atoms. The van der Waals surface area contributed by atoms with E-state index >= 15 is 0 Å². The Morgan fingerprint density at radius 2 is 2.00 bits per heavy atom. The van der Waals surface area contributed by atoms with Crippen LogP contribution in [0.25, 0.3) is 10.9 Å². The average Bonchev–Trinajstić information content (AvgIpc) is 3.03. The van der Waals surface area contributed by atoms with Gasteiger partial charge < -0.3 is 20.4 Å². The minimum Gasteiger partial charge on any atom is -0.489 e. The van der Waals surface area contributed by atoms with Gasteiger partial charge in [0, 0.05) is 36.8 Å². The minimum absolute atomic E-state index is 0.161. The van der Waals surface area contributed by atoms with Crippen LogP contribution >= 0.6 is 0 Å². The molecule has 24 heavy (non-hydrogen) atoms. The number of aromatic amines is 1. The van der Waals surface area contributed by atoms with Crippen molar-refractivity contribution in [3.8, 4) is 5.75 Å². The number of ether oxygens (including phenoxy) is 1. The number of carbonyl (C=O) groups excluding carboxylic acids is 1. The monoisotopic (exact) mass is 323 g/mol. The fraction of sp³-hybridized carbons (Fsp3) is 0.211. The zero-order valence-corrected chi connectivity index (χ0v) is 13.6. The summed E-state index contributed by atoms with van der Waals surface area (Å²) in [7, 11) is 1.61. The SMILES string of the molecule is CNC(=O)NCCc1c[nH]c2cc(OCc3ccccc3)ccc12. The number of rotatable bonds is 6. The summed E-state index contributed by atoms with van der Waals surface area (Å²) in [5, 5.41) is 6.49. The molecule has 1 aromatic heterocycles. The first kappa shape index (κ1) is 15.9. The van der Waals surface area contributed by atoms with Crippen LogP contribution in [0.2, 0.25) is 0 Å². The maximum absolute atomic E-state index is 11.2. The van der Waals surface area contributed by atoms with Gasteiger partial charge in [0.25, 0.3) is 0 Å².